The van der Waals surface area contributed by atoms with Crippen molar-refractivity contribution in [3.8, 4) is 5.69 Å². The molecule has 0 fully saturated rings. The van der Waals surface area contributed by atoms with Crippen LogP contribution in [-0.2, 0) is 6.42 Å². The minimum absolute atomic E-state index is 0.172. The summed E-state index contributed by atoms with van der Waals surface area (Å²) in [5, 5.41) is 13.1. The normalized spacial score (nSPS) is 11.4. The first-order valence-corrected chi connectivity index (χ1v) is 8.22. The van der Waals surface area contributed by atoms with Crippen molar-refractivity contribution in [2.24, 2.45) is 4.99 Å². The number of aliphatic imine (C=N–C) groups is 1. The van der Waals surface area contributed by atoms with Gasteiger partial charge in [0.25, 0.3) is 5.56 Å². The molecule has 0 saturated heterocycles. The average molecular weight is 348 g/mol. The molecule has 0 saturated carbocycles. The maximum absolute atomic E-state index is 12.5. The van der Waals surface area contributed by atoms with Gasteiger partial charge >= 0.3 is 0 Å². The van der Waals surface area contributed by atoms with Crippen LogP contribution in [0.15, 0.2) is 34.1 Å². The van der Waals surface area contributed by atoms with E-state index in [1.54, 1.807) is 24.3 Å². The van der Waals surface area contributed by atoms with Gasteiger partial charge in [-0.2, -0.15) is 0 Å². The van der Waals surface area contributed by atoms with Gasteiger partial charge in [-0.1, -0.05) is 29.9 Å². The summed E-state index contributed by atoms with van der Waals surface area (Å²) in [5.74, 6) is 0. The lowest BCUT2D eigenvalue weighted by atomic mass is 10.3. The molecule has 23 heavy (non-hydrogen) atoms. The fourth-order valence-electron chi connectivity index (χ4n) is 2.04. The number of aromatic nitrogens is 4. The highest BCUT2D eigenvalue weighted by Gasteiger charge is 2.11. The number of nitrogens with one attached hydrogen (secondary N) is 1. The van der Waals surface area contributed by atoms with Crippen molar-refractivity contribution in [2.45, 2.75) is 20.3 Å². The average Bonchev–Trinajstić information content (AvgIpc) is 3.11. The zero-order chi connectivity index (χ0) is 16.4. The molecule has 2 heterocycles. The van der Waals surface area contributed by atoms with Gasteiger partial charge in [-0.25, -0.2) is 9.67 Å². The molecule has 8 heteroatoms. The van der Waals surface area contributed by atoms with E-state index in [1.165, 1.54) is 22.2 Å². The molecule has 0 atom stereocenters. The Morgan fingerprint density at radius 3 is 2.74 bits per heavy atom. The van der Waals surface area contributed by atoms with Gasteiger partial charge in [0.05, 0.1) is 11.3 Å². The second-order valence-corrected chi connectivity index (χ2v) is 6.33. The molecule has 0 amide bonds. The van der Waals surface area contributed by atoms with E-state index in [4.69, 9.17) is 11.6 Å². The fourth-order valence-corrected chi connectivity index (χ4v) is 2.79. The standard InChI is InChI=1S/C15H14ClN5OS/c1-3-13-18-19-15(23-13)17-8-12-9(2)20-21(14(12)22)11-6-4-10(16)5-7-11/h4-8,20H,3H2,1-2H3. The van der Waals surface area contributed by atoms with Crippen LogP contribution in [0.3, 0.4) is 0 Å². The van der Waals surface area contributed by atoms with Crippen molar-refractivity contribution in [1.82, 2.24) is 20.0 Å². The molecule has 0 aliphatic rings. The highest BCUT2D eigenvalue weighted by atomic mass is 35.5. The van der Waals surface area contributed by atoms with Crippen molar-refractivity contribution >= 4 is 34.3 Å². The van der Waals surface area contributed by atoms with Gasteiger partial charge < -0.3 is 0 Å². The Hall–Kier alpha value is -2.25. The number of nitrogens with zero attached hydrogens (tertiary/aromatic N) is 4. The van der Waals surface area contributed by atoms with Crippen molar-refractivity contribution < 1.29 is 0 Å². The summed E-state index contributed by atoms with van der Waals surface area (Å²) < 4.78 is 1.46. The van der Waals surface area contributed by atoms with Crippen LogP contribution >= 0.6 is 22.9 Å². The van der Waals surface area contributed by atoms with Crippen LogP contribution in [0, 0.1) is 6.92 Å². The van der Waals surface area contributed by atoms with E-state index in [0.717, 1.165) is 17.1 Å². The second kappa shape index (κ2) is 6.47. The summed E-state index contributed by atoms with van der Waals surface area (Å²) in [6.45, 7) is 3.84. The van der Waals surface area contributed by atoms with Crippen LogP contribution in [-0.4, -0.2) is 26.2 Å². The zero-order valence-corrected chi connectivity index (χ0v) is 14.1. The third-order valence-corrected chi connectivity index (χ3v) is 4.49. The van der Waals surface area contributed by atoms with E-state index >= 15 is 0 Å². The quantitative estimate of drug-likeness (QED) is 0.736. The van der Waals surface area contributed by atoms with Crippen molar-refractivity contribution in [1.29, 1.82) is 0 Å². The summed E-state index contributed by atoms with van der Waals surface area (Å²) >= 11 is 7.29. The van der Waals surface area contributed by atoms with E-state index in [0.29, 0.717) is 21.4 Å². The highest BCUT2D eigenvalue weighted by molar-refractivity contribution is 7.14. The molecule has 0 aliphatic carbocycles. The number of rotatable bonds is 4. The molecule has 0 unspecified atom stereocenters. The number of benzene rings is 1. The molecule has 2 aromatic heterocycles. The van der Waals surface area contributed by atoms with E-state index in [-0.39, 0.29) is 5.56 Å². The minimum atomic E-state index is -0.172. The van der Waals surface area contributed by atoms with E-state index in [2.05, 4.69) is 20.3 Å². The van der Waals surface area contributed by atoms with Gasteiger partial charge in [-0.3, -0.25) is 9.89 Å². The number of hydrogen-bond donors (Lipinski definition) is 1. The molecular formula is C15H14ClN5OS. The Labute approximate surface area is 141 Å². The summed E-state index contributed by atoms with van der Waals surface area (Å²) in [6, 6.07) is 7.03. The van der Waals surface area contributed by atoms with Gasteiger partial charge in [-0.05, 0) is 37.6 Å². The topological polar surface area (TPSA) is 75.9 Å². The molecule has 6 nitrogen and oxygen atoms in total. The number of H-pyrrole nitrogens is 1. The van der Waals surface area contributed by atoms with Crippen LogP contribution in [0.2, 0.25) is 5.02 Å². The molecule has 0 bridgehead atoms. The van der Waals surface area contributed by atoms with Crippen molar-refractivity contribution in [2.75, 3.05) is 0 Å². The summed E-state index contributed by atoms with van der Waals surface area (Å²) in [5.41, 5.74) is 1.77. The Bertz CT molecular complexity index is 907. The van der Waals surface area contributed by atoms with Gasteiger partial charge in [-0.15, -0.1) is 10.2 Å². The maximum Gasteiger partial charge on any atom is 0.280 e. The predicted octanol–water partition coefficient (Wildman–Crippen LogP) is 3.29. The summed E-state index contributed by atoms with van der Waals surface area (Å²) in [7, 11) is 0. The van der Waals surface area contributed by atoms with Crippen molar-refractivity contribution in [3.05, 3.63) is 55.9 Å². The molecule has 1 N–H and O–H groups in total. The number of aromatic amines is 1. The van der Waals surface area contributed by atoms with Crippen LogP contribution in [0.4, 0.5) is 5.13 Å². The third kappa shape index (κ3) is 3.25. The van der Waals surface area contributed by atoms with Gasteiger partial charge in [0.1, 0.15) is 5.01 Å². The van der Waals surface area contributed by atoms with Gasteiger partial charge in [0, 0.05) is 16.9 Å². The molecule has 3 rings (SSSR count). The van der Waals surface area contributed by atoms with Crippen LogP contribution in [0.25, 0.3) is 5.69 Å². The lowest BCUT2D eigenvalue weighted by Gasteiger charge is -2.00. The molecule has 1 aromatic carbocycles. The smallest absolute Gasteiger partial charge is 0.280 e. The van der Waals surface area contributed by atoms with E-state index < -0.39 is 0 Å². The first kappa shape index (κ1) is 15.6. The Morgan fingerprint density at radius 2 is 2.09 bits per heavy atom. The lowest BCUT2D eigenvalue weighted by molar-refractivity contribution is 0.835. The number of hydrogen-bond acceptors (Lipinski definition) is 5. The van der Waals surface area contributed by atoms with Crippen LogP contribution < -0.4 is 5.56 Å². The molecule has 118 valence electrons. The Morgan fingerprint density at radius 1 is 1.35 bits per heavy atom. The maximum atomic E-state index is 12.5. The third-order valence-electron chi connectivity index (χ3n) is 3.26. The zero-order valence-electron chi connectivity index (χ0n) is 12.6. The second-order valence-electron chi connectivity index (χ2n) is 4.86. The van der Waals surface area contributed by atoms with Crippen LogP contribution in [0.5, 0.6) is 0 Å². The van der Waals surface area contributed by atoms with E-state index in [9.17, 15) is 4.79 Å². The molecule has 0 aliphatic heterocycles. The summed E-state index contributed by atoms with van der Waals surface area (Å²) in [6.07, 6.45) is 2.35. The largest absolute Gasteiger partial charge is 0.295 e. The highest BCUT2D eigenvalue weighted by Crippen LogP contribution is 2.18. The fraction of sp³-hybridized carbons (Fsp3) is 0.200. The molecule has 0 spiro atoms. The monoisotopic (exact) mass is 347 g/mol. The molecular weight excluding hydrogens is 334 g/mol. The predicted molar refractivity (Wildman–Crippen MR) is 92.7 cm³/mol. The summed E-state index contributed by atoms with van der Waals surface area (Å²) in [4.78, 5) is 16.8. The molecule has 3 aromatic rings. The Balaban J connectivity index is 1.94. The first-order chi connectivity index (χ1) is 11.1. The van der Waals surface area contributed by atoms with Crippen molar-refractivity contribution in [3.63, 3.8) is 0 Å². The van der Waals surface area contributed by atoms with Gasteiger partial charge in [0.2, 0.25) is 5.13 Å². The van der Waals surface area contributed by atoms with E-state index in [1.807, 2.05) is 13.8 Å². The van der Waals surface area contributed by atoms with Crippen LogP contribution in [0.1, 0.15) is 23.2 Å². The SMILES string of the molecule is CCc1nnc(N=Cc2c(C)[nH]n(-c3ccc(Cl)cc3)c2=O)s1. The first-order valence-electron chi connectivity index (χ1n) is 7.02. The Kier molecular flexibility index (Phi) is 4.40. The van der Waals surface area contributed by atoms with Gasteiger partial charge in [0.15, 0.2) is 0 Å². The minimum Gasteiger partial charge on any atom is -0.295 e. The molecule has 0 radical (unpaired) electrons. The number of aryl methyl sites for hydroxylation is 2. The lowest BCUT2D eigenvalue weighted by Crippen LogP contribution is -2.17. The number of halogens is 1.